The van der Waals surface area contributed by atoms with Crippen molar-refractivity contribution < 1.29 is 14.3 Å². The van der Waals surface area contributed by atoms with E-state index in [2.05, 4.69) is 33.1 Å². The maximum Gasteiger partial charge on any atom is 0.412 e. The molecule has 38 heavy (non-hydrogen) atoms. The number of fused-ring (bicyclic) bond motifs is 1. The first kappa shape index (κ1) is 25.0. The highest BCUT2D eigenvalue weighted by molar-refractivity contribution is 5.99. The number of hydrogen-bond acceptors (Lipinski definition) is 9. The SMILES string of the molecule is CC(C)COC(=O)Nc1cccc(COc2nc3c(-c4ccccc4)cccc3n2C2=NN(C)NN2C)n1. The van der Waals surface area contributed by atoms with Crippen molar-refractivity contribution >= 4 is 28.9 Å². The van der Waals surface area contributed by atoms with Crippen LogP contribution >= 0.6 is 0 Å². The number of ether oxygens (including phenoxy) is 2. The summed E-state index contributed by atoms with van der Waals surface area (Å²) in [5.74, 6) is 1.23. The van der Waals surface area contributed by atoms with Crippen LogP contribution in [0.15, 0.2) is 71.8 Å². The number of carbonyl (C=O) groups excluding carboxylic acids is 1. The van der Waals surface area contributed by atoms with Crippen molar-refractivity contribution in [2.45, 2.75) is 20.5 Å². The molecular formula is C27H30N8O3. The molecule has 11 nitrogen and oxygen atoms in total. The van der Waals surface area contributed by atoms with Crippen molar-refractivity contribution in [2.24, 2.45) is 11.0 Å². The van der Waals surface area contributed by atoms with E-state index in [9.17, 15) is 4.79 Å². The number of imidazole rings is 1. The largest absolute Gasteiger partial charge is 0.458 e. The molecule has 0 spiro atoms. The van der Waals surface area contributed by atoms with Gasteiger partial charge in [-0.15, -0.1) is 10.6 Å². The molecular weight excluding hydrogens is 484 g/mol. The van der Waals surface area contributed by atoms with Gasteiger partial charge >= 0.3 is 12.1 Å². The van der Waals surface area contributed by atoms with Crippen molar-refractivity contribution in [3.63, 3.8) is 0 Å². The fourth-order valence-corrected chi connectivity index (χ4v) is 4.05. The maximum absolute atomic E-state index is 12.1. The van der Waals surface area contributed by atoms with Gasteiger partial charge in [0.05, 0.1) is 17.8 Å². The number of nitrogens with zero attached hydrogens (tertiary/aromatic N) is 6. The third-order valence-electron chi connectivity index (χ3n) is 5.71. The Balaban J connectivity index is 1.45. The first-order valence-corrected chi connectivity index (χ1v) is 12.3. The molecule has 11 heteroatoms. The Morgan fingerprint density at radius 1 is 1.00 bits per heavy atom. The van der Waals surface area contributed by atoms with E-state index in [1.807, 2.05) is 75.0 Å². The number of aromatic nitrogens is 3. The zero-order chi connectivity index (χ0) is 26.6. The minimum Gasteiger partial charge on any atom is -0.458 e. The summed E-state index contributed by atoms with van der Waals surface area (Å²) in [5.41, 5.74) is 7.39. The van der Waals surface area contributed by atoms with Crippen LogP contribution in [0, 0.1) is 5.92 Å². The maximum atomic E-state index is 12.1. The van der Waals surface area contributed by atoms with Gasteiger partial charge in [-0.05, 0) is 29.7 Å². The number of hydrazine groups is 2. The van der Waals surface area contributed by atoms with Gasteiger partial charge in [-0.2, -0.15) is 4.98 Å². The average Bonchev–Trinajstić information content (AvgIpc) is 3.44. The summed E-state index contributed by atoms with van der Waals surface area (Å²) in [6.07, 6.45) is -0.543. The Kier molecular flexibility index (Phi) is 7.09. The Morgan fingerprint density at radius 2 is 1.79 bits per heavy atom. The Bertz CT molecular complexity index is 1470. The van der Waals surface area contributed by atoms with Crippen LogP contribution in [-0.2, 0) is 11.3 Å². The van der Waals surface area contributed by atoms with Crippen molar-refractivity contribution in [1.82, 2.24) is 30.2 Å². The van der Waals surface area contributed by atoms with E-state index in [0.717, 1.165) is 22.2 Å². The molecule has 3 heterocycles. The molecule has 0 atom stereocenters. The third-order valence-corrected chi connectivity index (χ3v) is 5.71. The molecule has 1 amide bonds. The molecule has 0 bridgehead atoms. The number of pyridine rings is 1. The number of nitrogens with one attached hydrogen (secondary N) is 2. The van der Waals surface area contributed by atoms with Gasteiger partial charge in [-0.3, -0.25) is 10.3 Å². The lowest BCUT2D eigenvalue weighted by Gasteiger charge is -2.16. The van der Waals surface area contributed by atoms with E-state index < -0.39 is 6.09 Å². The summed E-state index contributed by atoms with van der Waals surface area (Å²) >= 11 is 0. The van der Waals surface area contributed by atoms with Gasteiger partial charge in [0.15, 0.2) is 0 Å². The van der Waals surface area contributed by atoms with Crippen LogP contribution < -0.4 is 15.6 Å². The summed E-state index contributed by atoms with van der Waals surface area (Å²) in [7, 11) is 3.68. The minimum atomic E-state index is -0.543. The van der Waals surface area contributed by atoms with Crippen LogP contribution in [0.5, 0.6) is 6.01 Å². The number of para-hydroxylation sites is 1. The van der Waals surface area contributed by atoms with Crippen LogP contribution in [0.3, 0.4) is 0 Å². The van der Waals surface area contributed by atoms with Gasteiger partial charge in [-0.25, -0.2) is 19.5 Å². The van der Waals surface area contributed by atoms with Crippen molar-refractivity contribution in [1.29, 1.82) is 0 Å². The second kappa shape index (κ2) is 10.8. The number of carbonyl (C=O) groups is 1. The van der Waals surface area contributed by atoms with Crippen molar-refractivity contribution in [2.75, 3.05) is 26.0 Å². The molecule has 2 aromatic carbocycles. The van der Waals surface area contributed by atoms with E-state index in [1.165, 1.54) is 0 Å². The van der Waals surface area contributed by atoms with E-state index >= 15 is 0 Å². The fourth-order valence-electron chi connectivity index (χ4n) is 4.05. The standard InChI is InChI=1S/C27H30N8O3/c1-18(2)16-38-27(36)29-23-15-8-12-20(28-23)17-37-26-30-24-21(19-10-6-5-7-11-19)13-9-14-22(24)35(26)25-31-34(4)32-33(25)3/h5-15,18,32H,16-17H2,1-4H3,(H,28,29,36). The molecule has 4 aromatic rings. The quantitative estimate of drug-likeness (QED) is 0.376. The normalized spacial score (nSPS) is 13.2. The average molecular weight is 515 g/mol. The third kappa shape index (κ3) is 5.37. The predicted molar refractivity (Wildman–Crippen MR) is 145 cm³/mol. The summed E-state index contributed by atoms with van der Waals surface area (Å²) in [6, 6.07) is 21.8. The van der Waals surface area contributed by atoms with Crippen molar-refractivity contribution in [3.8, 4) is 17.1 Å². The van der Waals surface area contributed by atoms with Gasteiger partial charge in [0.2, 0.25) is 5.96 Å². The first-order chi connectivity index (χ1) is 18.4. The lowest BCUT2D eigenvalue weighted by atomic mass is 10.0. The number of amides is 1. The highest BCUT2D eigenvalue weighted by Crippen LogP contribution is 2.32. The lowest BCUT2D eigenvalue weighted by Crippen LogP contribution is -2.40. The molecule has 0 radical (unpaired) electrons. The molecule has 0 saturated heterocycles. The monoisotopic (exact) mass is 514 g/mol. The number of benzene rings is 2. The van der Waals surface area contributed by atoms with Crippen LogP contribution in [-0.4, -0.2) is 57.4 Å². The first-order valence-electron chi connectivity index (χ1n) is 12.3. The van der Waals surface area contributed by atoms with E-state index in [0.29, 0.717) is 30.1 Å². The molecule has 196 valence electrons. The number of rotatable bonds is 7. The highest BCUT2D eigenvalue weighted by Gasteiger charge is 2.26. The van der Waals surface area contributed by atoms with Crippen LogP contribution in [0.25, 0.3) is 22.2 Å². The predicted octanol–water partition coefficient (Wildman–Crippen LogP) is 4.30. The van der Waals surface area contributed by atoms with Crippen molar-refractivity contribution in [3.05, 3.63) is 72.4 Å². The summed E-state index contributed by atoms with van der Waals surface area (Å²) in [5, 5.41) is 10.6. The van der Waals surface area contributed by atoms with Gasteiger partial charge in [0.25, 0.3) is 0 Å². The lowest BCUT2D eigenvalue weighted by molar-refractivity contribution is 0.147. The second-order valence-corrected chi connectivity index (χ2v) is 9.27. The molecule has 1 aliphatic rings. The van der Waals surface area contributed by atoms with Crippen LogP contribution in [0.4, 0.5) is 10.6 Å². The van der Waals surface area contributed by atoms with Gasteiger partial charge < -0.3 is 9.47 Å². The molecule has 2 aromatic heterocycles. The summed E-state index contributed by atoms with van der Waals surface area (Å²) < 4.78 is 13.3. The number of hydrazone groups is 1. The Morgan fingerprint density at radius 3 is 2.53 bits per heavy atom. The topological polar surface area (TPSA) is 109 Å². The zero-order valence-electron chi connectivity index (χ0n) is 21.8. The fraction of sp³-hybridized carbons (Fsp3) is 0.259. The Labute approximate surface area is 220 Å². The van der Waals surface area contributed by atoms with E-state index in [1.54, 1.807) is 22.3 Å². The van der Waals surface area contributed by atoms with Crippen LogP contribution in [0.1, 0.15) is 19.5 Å². The molecule has 0 fully saturated rings. The second-order valence-electron chi connectivity index (χ2n) is 9.27. The van der Waals surface area contributed by atoms with Gasteiger partial charge in [0.1, 0.15) is 17.9 Å². The molecule has 0 unspecified atom stereocenters. The molecule has 2 N–H and O–H groups in total. The smallest absolute Gasteiger partial charge is 0.412 e. The van der Waals surface area contributed by atoms with Crippen LogP contribution in [0.2, 0.25) is 0 Å². The van der Waals surface area contributed by atoms with Gasteiger partial charge in [0, 0.05) is 19.7 Å². The molecule has 5 rings (SSSR count). The van der Waals surface area contributed by atoms with E-state index in [-0.39, 0.29) is 12.5 Å². The minimum absolute atomic E-state index is 0.126. The van der Waals surface area contributed by atoms with Gasteiger partial charge in [-0.1, -0.05) is 62.4 Å². The zero-order valence-corrected chi connectivity index (χ0v) is 21.8. The van der Waals surface area contributed by atoms with E-state index in [4.69, 9.17) is 14.5 Å². The molecule has 0 aliphatic carbocycles. The highest BCUT2D eigenvalue weighted by atomic mass is 16.5. The number of anilines is 1. The summed E-state index contributed by atoms with van der Waals surface area (Å²) in [4.78, 5) is 21.4. The molecule has 1 aliphatic heterocycles. The number of hydrogen-bond donors (Lipinski definition) is 2. The molecule has 0 saturated carbocycles. The summed E-state index contributed by atoms with van der Waals surface area (Å²) in [6.45, 7) is 4.41. The Hall–Kier alpha value is -4.64.